The van der Waals surface area contributed by atoms with E-state index in [2.05, 4.69) is 10.5 Å². The molecular weight excluding hydrogens is 364 g/mol. The van der Waals surface area contributed by atoms with Crippen molar-refractivity contribution >= 4 is 34.5 Å². The van der Waals surface area contributed by atoms with E-state index in [9.17, 15) is 4.79 Å². The summed E-state index contributed by atoms with van der Waals surface area (Å²) >= 11 is 7.49. The smallest absolute Gasteiger partial charge is 0.250 e. The minimum atomic E-state index is -0.317. The lowest BCUT2D eigenvalue weighted by molar-refractivity contribution is -0.121. The van der Waals surface area contributed by atoms with Crippen LogP contribution in [0.25, 0.3) is 10.6 Å². The van der Waals surface area contributed by atoms with Crippen molar-refractivity contribution in [3.8, 4) is 16.4 Å². The Bertz CT molecular complexity index is 848. The number of carbonyl (C=O) groups excluding carboxylic acids is 1. The maximum absolute atomic E-state index is 12.0. The molecule has 0 unspecified atom stereocenters. The Morgan fingerprint density at radius 2 is 2.24 bits per heavy atom. The van der Waals surface area contributed by atoms with Crippen molar-refractivity contribution in [3.63, 3.8) is 0 Å². The van der Waals surface area contributed by atoms with Gasteiger partial charge in [-0.05, 0) is 29.6 Å². The van der Waals surface area contributed by atoms with E-state index in [-0.39, 0.29) is 19.1 Å². The average molecular weight is 379 g/mol. The molecule has 2 aromatic heterocycles. The molecule has 0 fully saturated rings. The van der Waals surface area contributed by atoms with Gasteiger partial charge < -0.3 is 19.3 Å². The topological polar surface area (TPSA) is 73.6 Å². The molecule has 0 spiro atoms. The molecule has 3 rings (SSSR count). The summed E-state index contributed by atoms with van der Waals surface area (Å²) in [6.45, 7) is 0.0475. The number of hydrogen-bond acceptors (Lipinski definition) is 6. The molecule has 0 bridgehead atoms. The van der Waals surface area contributed by atoms with E-state index in [0.29, 0.717) is 27.9 Å². The minimum Gasteiger partial charge on any atom is -0.495 e. The molecule has 0 saturated heterocycles. The lowest BCUT2D eigenvalue weighted by Crippen LogP contribution is -2.18. The number of rotatable bonds is 7. The van der Waals surface area contributed by atoms with Crippen molar-refractivity contribution in [2.45, 2.75) is 6.61 Å². The van der Waals surface area contributed by atoms with Crippen LogP contribution in [0.4, 0.5) is 5.69 Å². The first-order chi connectivity index (χ1) is 12.2. The Hall–Kier alpha value is -2.35. The van der Waals surface area contributed by atoms with Gasteiger partial charge in [-0.25, -0.2) is 0 Å². The van der Waals surface area contributed by atoms with Gasteiger partial charge in [-0.2, -0.15) is 0 Å². The molecule has 0 radical (unpaired) electrons. The summed E-state index contributed by atoms with van der Waals surface area (Å²) in [5, 5.41) is 9.09. The third-order valence-corrected chi connectivity index (χ3v) is 4.36. The van der Waals surface area contributed by atoms with Crippen LogP contribution in [0.15, 0.2) is 46.3 Å². The van der Waals surface area contributed by atoms with Crippen LogP contribution in [-0.4, -0.2) is 24.8 Å². The maximum Gasteiger partial charge on any atom is 0.250 e. The third kappa shape index (κ3) is 4.60. The molecule has 1 N–H and O–H groups in total. The summed E-state index contributed by atoms with van der Waals surface area (Å²) in [7, 11) is 1.52. The van der Waals surface area contributed by atoms with Crippen molar-refractivity contribution in [3.05, 3.63) is 52.5 Å². The number of thiophene rings is 1. The van der Waals surface area contributed by atoms with Crippen LogP contribution < -0.4 is 10.1 Å². The SMILES string of the molecule is COc1ccc(Cl)cc1NC(=O)COCc1cc(-c2cccs2)on1. The third-order valence-electron chi connectivity index (χ3n) is 3.24. The van der Waals surface area contributed by atoms with E-state index in [1.807, 2.05) is 17.5 Å². The average Bonchev–Trinajstić information content (AvgIpc) is 3.26. The molecule has 0 atom stereocenters. The molecule has 6 nitrogen and oxygen atoms in total. The van der Waals surface area contributed by atoms with Gasteiger partial charge >= 0.3 is 0 Å². The number of benzene rings is 1. The molecule has 0 aliphatic carbocycles. The highest BCUT2D eigenvalue weighted by molar-refractivity contribution is 7.13. The molecule has 3 aromatic rings. The minimum absolute atomic E-state index is 0.128. The number of ether oxygens (including phenoxy) is 2. The Labute approximate surface area is 153 Å². The number of methoxy groups -OCH3 is 1. The van der Waals surface area contributed by atoms with Gasteiger partial charge in [0, 0.05) is 11.1 Å². The number of carbonyl (C=O) groups is 1. The summed E-state index contributed by atoms with van der Waals surface area (Å²) in [6.07, 6.45) is 0. The number of amides is 1. The lowest BCUT2D eigenvalue weighted by atomic mass is 10.3. The monoisotopic (exact) mass is 378 g/mol. The van der Waals surface area contributed by atoms with Gasteiger partial charge in [0.25, 0.3) is 0 Å². The fourth-order valence-electron chi connectivity index (χ4n) is 2.13. The second-order valence-corrected chi connectivity index (χ2v) is 6.43. The number of aromatic nitrogens is 1. The lowest BCUT2D eigenvalue weighted by Gasteiger charge is -2.10. The van der Waals surface area contributed by atoms with E-state index in [1.54, 1.807) is 35.6 Å². The summed E-state index contributed by atoms with van der Waals surface area (Å²) in [5.41, 5.74) is 1.11. The predicted molar refractivity (Wildman–Crippen MR) is 96.1 cm³/mol. The van der Waals surface area contributed by atoms with Gasteiger partial charge in [0.15, 0.2) is 5.76 Å². The second kappa shape index (κ2) is 8.15. The van der Waals surface area contributed by atoms with Crippen LogP contribution >= 0.6 is 22.9 Å². The Morgan fingerprint density at radius 3 is 3.00 bits per heavy atom. The van der Waals surface area contributed by atoms with E-state index in [0.717, 1.165) is 4.88 Å². The summed E-state index contributed by atoms with van der Waals surface area (Å²) in [6, 6.07) is 10.7. The van der Waals surface area contributed by atoms with Crippen molar-refractivity contribution in [2.24, 2.45) is 0 Å². The van der Waals surface area contributed by atoms with Gasteiger partial charge in [0.1, 0.15) is 18.1 Å². The van der Waals surface area contributed by atoms with Crippen LogP contribution in [0, 0.1) is 0 Å². The van der Waals surface area contributed by atoms with E-state index in [4.69, 9.17) is 25.6 Å². The number of nitrogens with one attached hydrogen (secondary N) is 1. The number of nitrogens with zero attached hydrogens (tertiary/aromatic N) is 1. The fourth-order valence-corrected chi connectivity index (χ4v) is 2.97. The Balaban J connectivity index is 1.51. The van der Waals surface area contributed by atoms with Gasteiger partial charge in [-0.1, -0.05) is 22.8 Å². The summed E-state index contributed by atoms with van der Waals surface area (Å²) < 4.78 is 15.8. The molecule has 2 heterocycles. The molecule has 1 amide bonds. The normalized spacial score (nSPS) is 10.6. The van der Waals surface area contributed by atoms with Crippen molar-refractivity contribution < 1.29 is 18.8 Å². The highest BCUT2D eigenvalue weighted by Gasteiger charge is 2.11. The first-order valence-corrected chi connectivity index (χ1v) is 8.62. The summed E-state index contributed by atoms with van der Waals surface area (Å²) in [5.74, 6) is 0.888. The standard InChI is InChI=1S/C17H15ClN2O4S/c1-22-14-5-4-11(18)7-13(14)19-17(21)10-23-9-12-8-15(24-20-12)16-3-2-6-25-16/h2-8H,9-10H2,1H3,(H,19,21). The Morgan fingerprint density at radius 1 is 1.36 bits per heavy atom. The van der Waals surface area contributed by atoms with Crippen molar-refractivity contribution in [1.82, 2.24) is 5.16 Å². The zero-order valence-electron chi connectivity index (χ0n) is 13.3. The van der Waals surface area contributed by atoms with Gasteiger partial charge in [0.2, 0.25) is 5.91 Å². The van der Waals surface area contributed by atoms with Crippen LogP contribution in [0.2, 0.25) is 5.02 Å². The molecule has 0 aliphatic heterocycles. The molecule has 0 aliphatic rings. The van der Waals surface area contributed by atoms with Gasteiger partial charge in [-0.3, -0.25) is 4.79 Å². The van der Waals surface area contributed by atoms with Gasteiger partial charge in [0.05, 0.1) is 24.3 Å². The first-order valence-electron chi connectivity index (χ1n) is 7.36. The highest BCUT2D eigenvalue weighted by atomic mass is 35.5. The molecule has 0 saturated carbocycles. The maximum atomic E-state index is 12.0. The second-order valence-electron chi connectivity index (χ2n) is 5.05. The molecule has 25 heavy (non-hydrogen) atoms. The molecular formula is C17H15ClN2O4S. The molecule has 130 valence electrons. The zero-order valence-corrected chi connectivity index (χ0v) is 14.9. The van der Waals surface area contributed by atoms with Crippen LogP contribution in [0.1, 0.15) is 5.69 Å². The largest absolute Gasteiger partial charge is 0.495 e. The van der Waals surface area contributed by atoms with E-state index >= 15 is 0 Å². The molecule has 8 heteroatoms. The Kier molecular flexibility index (Phi) is 5.70. The van der Waals surface area contributed by atoms with Gasteiger partial charge in [-0.15, -0.1) is 11.3 Å². The van der Waals surface area contributed by atoms with Crippen molar-refractivity contribution in [2.75, 3.05) is 19.0 Å². The first kappa shape index (κ1) is 17.5. The highest BCUT2D eigenvalue weighted by Crippen LogP contribution is 2.28. The molecule has 1 aromatic carbocycles. The van der Waals surface area contributed by atoms with Crippen LogP contribution in [-0.2, 0) is 16.1 Å². The number of anilines is 1. The quantitative estimate of drug-likeness (QED) is 0.666. The predicted octanol–water partition coefficient (Wildman–Crippen LogP) is 4.22. The van der Waals surface area contributed by atoms with E-state index in [1.165, 1.54) is 7.11 Å². The fraction of sp³-hybridized carbons (Fsp3) is 0.176. The van der Waals surface area contributed by atoms with Crippen molar-refractivity contribution in [1.29, 1.82) is 0 Å². The van der Waals surface area contributed by atoms with E-state index < -0.39 is 0 Å². The number of hydrogen-bond donors (Lipinski definition) is 1. The summed E-state index contributed by atoms with van der Waals surface area (Å²) in [4.78, 5) is 13.0. The van der Waals surface area contributed by atoms with Crippen LogP contribution in [0.3, 0.4) is 0 Å². The van der Waals surface area contributed by atoms with Crippen LogP contribution in [0.5, 0.6) is 5.75 Å². The zero-order chi connectivity index (χ0) is 17.6. The number of halogens is 1.